The van der Waals surface area contributed by atoms with Crippen molar-refractivity contribution in [1.82, 2.24) is 5.32 Å². The van der Waals surface area contributed by atoms with E-state index in [9.17, 15) is 18.0 Å². The number of carbonyl (C=O) groups excluding carboxylic acids is 2. The maximum Gasteiger partial charge on any atom is 0.325 e. The number of esters is 1. The molecule has 136 valence electrons. The molecule has 1 N–H and O–H groups in total. The lowest BCUT2D eigenvalue weighted by molar-refractivity contribution is -0.139. The molecule has 0 fully saturated rings. The zero-order valence-electron chi connectivity index (χ0n) is 14.3. The van der Waals surface area contributed by atoms with Crippen LogP contribution in [-0.4, -0.2) is 46.0 Å². The third-order valence-electron chi connectivity index (χ3n) is 3.10. The predicted molar refractivity (Wildman–Crippen MR) is 99.5 cm³/mol. The van der Waals surface area contributed by atoms with E-state index in [0.29, 0.717) is 5.56 Å². The molecular formula is C17H21NO5S2. The first-order chi connectivity index (χ1) is 11.8. The molecule has 0 saturated heterocycles. The van der Waals surface area contributed by atoms with Crippen LogP contribution in [0.15, 0.2) is 41.8 Å². The highest BCUT2D eigenvalue weighted by Gasteiger charge is 2.13. The number of thiophene rings is 1. The molecule has 0 bridgehead atoms. The Bertz CT molecular complexity index is 798. The van der Waals surface area contributed by atoms with E-state index in [1.165, 1.54) is 13.4 Å². The summed E-state index contributed by atoms with van der Waals surface area (Å²) in [6, 6.07) is 11.2. The lowest BCUT2D eigenvalue weighted by Crippen LogP contribution is -2.30. The SMILES string of the molecule is CCS(C)(=O)=O.COC(=O)CNC(=O)c1ccccc1-c1cccs1. The van der Waals surface area contributed by atoms with Crippen molar-refractivity contribution in [2.45, 2.75) is 6.92 Å². The summed E-state index contributed by atoms with van der Waals surface area (Å²) in [5.74, 6) is -0.510. The van der Waals surface area contributed by atoms with Crippen molar-refractivity contribution in [1.29, 1.82) is 0 Å². The summed E-state index contributed by atoms with van der Waals surface area (Å²) in [6.45, 7) is 1.49. The summed E-state index contributed by atoms with van der Waals surface area (Å²) < 4.78 is 24.5. The van der Waals surface area contributed by atoms with Gasteiger partial charge in [0.15, 0.2) is 0 Å². The van der Waals surface area contributed by atoms with E-state index in [2.05, 4.69) is 10.1 Å². The number of ether oxygens (including phenoxy) is 1. The zero-order valence-corrected chi connectivity index (χ0v) is 15.9. The maximum atomic E-state index is 12.1. The van der Waals surface area contributed by atoms with Crippen molar-refractivity contribution in [3.63, 3.8) is 0 Å². The van der Waals surface area contributed by atoms with Crippen molar-refractivity contribution in [3.05, 3.63) is 47.3 Å². The Labute approximate surface area is 151 Å². The number of rotatable bonds is 5. The minimum atomic E-state index is -2.66. The zero-order chi connectivity index (χ0) is 18.9. The Hall–Kier alpha value is -2.19. The van der Waals surface area contributed by atoms with Crippen molar-refractivity contribution in [2.75, 3.05) is 25.7 Å². The Morgan fingerprint density at radius 3 is 2.32 bits per heavy atom. The van der Waals surface area contributed by atoms with E-state index in [4.69, 9.17) is 0 Å². The quantitative estimate of drug-likeness (QED) is 0.801. The Balaban J connectivity index is 0.000000450. The monoisotopic (exact) mass is 383 g/mol. The van der Waals surface area contributed by atoms with Gasteiger partial charge < -0.3 is 10.1 Å². The standard InChI is InChI=1S/C14H13NO3S.C3H8O2S/c1-18-13(16)9-15-14(17)11-6-3-2-5-10(11)12-7-4-8-19-12;1-3-6(2,4)5/h2-8H,9H2,1H3,(H,15,17);3H2,1-2H3. The number of hydrogen-bond donors (Lipinski definition) is 1. The molecule has 1 aromatic heterocycles. The van der Waals surface area contributed by atoms with Crippen LogP contribution < -0.4 is 5.32 Å². The van der Waals surface area contributed by atoms with Gasteiger partial charge in [-0.25, -0.2) is 8.42 Å². The molecule has 0 spiro atoms. The summed E-state index contributed by atoms with van der Waals surface area (Å²) in [7, 11) is -1.38. The van der Waals surface area contributed by atoms with Crippen LogP contribution in [0.5, 0.6) is 0 Å². The fraction of sp³-hybridized carbons (Fsp3) is 0.294. The van der Waals surface area contributed by atoms with Crippen molar-refractivity contribution < 1.29 is 22.7 Å². The molecule has 1 aromatic carbocycles. The minimum absolute atomic E-state index is 0.131. The molecule has 0 aliphatic heterocycles. The van der Waals surface area contributed by atoms with Gasteiger partial charge in [0.25, 0.3) is 5.91 Å². The largest absolute Gasteiger partial charge is 0.468 e. The summed E-state index contributed by atoms with van der Waals surface area (Å²) in [5, 5.41) is 4.50. The molecule has 8 heteroatoms. The number of benzene rings is 1. The molecule has 1 heterocycles. The van der Waals surface area contributed by atoms with E-state index in [0.717, 1.165) is 10.4 Å². The summed E-state index contributed by atoms with van der Waals surface area (Å²) in [5.41, 5.74) is 1.41. The van der Waals surface area contributed by atoms with Crippen molar-refractivity contribution >= 4 is 33.1 Å². The third-order valence-corrected chi connectivity index (χ3v) is 5.06. The molecular weight excluding hydrogens is 362 g/mol. The lowest BCUT2D eigenvalue weighted by Gasteiger charge is -2.08. The van der Waals surface area contributed by atoms with Crippen LogP contribution in [0.3, 0.4) is 0 Å². The van der Waals surface area contributed by atoms with Gasteiger partial charge in [-0.3, -0.25) is 9.59 Å². The average Bonchev–Trinajstić information content (AvgIpc) is 3.13. The van der Waals surface area contributed by atoms with E-state index < -0.39 is 15.8 Å². The Morgan fingerprint density at radius 2 is 1.80 bits per heavy atom. The van der Waals surface area contributed by atoms with Gasteiger partial charge in [0.1, 0.15) is 16.4 Å². The molecule has 2 rings (SSSR count). The molecule has 6 nitrogen and oxygen atoms in total. The second kappa shape index (κ2) is 9.95. The second-order valence-corrected chi connectivity index (χ2v) is 8.37. The normalized spacial score (nSPS) is 10.4. The highest BCUT2D eigenvalue weighted by Crippen LogP contribution is 2.27. The van der Waals surface area contributed by atoms with Gasteiger partial charge in [-0.05, 0) is 17.5 Å². The predicted octanol–water partition coefficient (Wildman–Crippen LogP) is 2.37. The Kier molecular flexibility index (Phi) is 8.30. The molecule has 25 heavy (non-hydrogen) atoms. The summed E-state index contributed by atoms with van der Waals surface area (Å²) in [4.78, 5) is 24.1. The third kappa shape index (κ3) is 7.49. The maximum absolute atomic E-state index is 12.1. The second-order valence-electron chi connectivity index (χ2n) is 5.00. The van der Waals surface area contributed by atoms with Gasteiger partial charge in [-0.1, -0.05) is 31.2 Å². The number of methoxy groups -OCH3 is 1. The first kappa shape index (κ1) is 20.9. The number of carbonyl (C=O) groups is 2. The highest BCUT2D eigenvalue weighted by molar-refractivity contribution is 7.90. The van der Waals surface area contributed by atoms with Gasteiger partial charge in [-0.15, -0.1) is 11.3 Å². The van der Waals surface area contributed by atoms with Gasteiger partial charge in [0, 0.05) is 28.0 Å². The highest BCUT2D eigenvalue weighted by atomic mass is 32.2. The van der Waals surface area contributed by atoms with E-state index >= 15 is 0 Å². The van der Waals surface area contributed by atoms with Gasteiger partial charge in [0.2, 0.25) is 0 Å². The molecule has 0 aliphatic carbocycles. The molecule has 1 amide bonds. The first-order valence-corrected chi connectivity index (χ1v) is 10.4. The summed E-state index contributed by atoms with van der Waals surface area (Å²) >= 11 is 1.56. The van der Waals surface area contributed by atoms with Crippen molar-refractivity contribution in [3.8, 4) is 10.4 Å². The number of hydrogen-bond acceptors (Lipinski definition) is 6. The number of sulfone groups is 1. The minimum Gasteiger partial charge on any atom is -0.468 e. The number of amides is 1. The van der Waals surface area contributed by atoms with Crippen LogP contribution >= 0.6 is 11.3 Å². The van der Waals surface area contributed by atoms with E-state index in [1.807, 2.05) is 29.6 Å². The molecule has 0 aliphatic rings. The van der Waals surface area contributed by atoms with E-state index in [-0.39, 0.29) is 18.2 Å². The van der Waals surface area contributed by atoms with Gasteiger partial charge in [-0.2, -0.15) is 0 Å². The molecule has 0 atom stereocenters. The van der Waals surface area contributed by atoms with E-state index in [1.54, 1.807) is 30.4 Å². The average molecular weight is 383 g/mol. The smallest absolute Gasteiger partial charge is 0.325 e. The molecule has 0 saturated carbocycles. The first-order valence-electron chi connectivity index (χ1n) is 7.44. The van der Waals surface area contributed by atoms with Gasteiger partial charge >= 0.3 is 5.97 Å². The van der Waals surface area contributed by atoms with Crippen LogP contribution in [0.1, 0.15) is 17.3 Å². The molecule has 2 aromatic rings. The lowest BCUT2D eigenvalue weighted by atomic mass is 10.1. The van der Waals surface area contributed by atoms with Crippen LogP contribution in [0.2, 0.25) is 0 Å². The summed E-state index contributed by atoms with van der Waals surface area (Å²) in [6.07, 6.45) is 1.22. The fourth-order valence-corrected chi connectivity index (χ4v) is 2.41. The van der Waals surface area contributed by atoms with Crippen LogP contribution in [-0.2, 0) is 19.4 Å². The van der Waals surface area contributed by atoms with Crippen LogP contribution in [0.4, 0.5) is 0 Å². The van der Waals surface area contributed by atoms with Crippen LogP contribution in [0.25, 0.3) is 10.4 Å². The van der Waals surface area contributed by atoms with Gasteiger partial charge in [0.05, 0.1) is 7.11 Å². The van der Waals surface area contributed by atoms with Crippen LogP contribution in [0, 0.1) is 0 Å². The number of nitrogens with one attached hydrogen (secondary N) is 1. The fourth-order valence-electron chi connectivity index (χ4n) is 1.65. The Morgan fingerprint density at radius 1 is 1.16 bits per heavy atom. The van der Waals surface area contributed by atoms with Crippen molar-refractivity contribution in [2.24, 2.45) is 0 Å². The molecule has 0 radical (unpaired) electrons. The topological polar surface area (TPSA) is 89.5 Å². The molecule has 0 unspecified atom stereocenters.